The van der Waals surface area contributed by atoms with Crippen molar-refractivity contribution in [3.63, 3.8) is 0 Å². The van der Waals surface area contributed by atoms with E-state index >= 15 is 0 Å². The Morgan fingerprint density at radius 2 is 2.00 bits per heavy atom. The summed E-state index contributed by atoms with van der Waals surface area (Å²) in [7, 11) is 0. The number of nitriles is 1. The Balaban J connectivity index is -0.0000000800. The summed E-state index contributed by atoms with van der Waals surface area (Å²) in [4.78, 5) is 0. The van der Waals surface area contributed by atoms with Gasteiger partial charge in [0.05, 0.1) is 0 Å². The van der Waals surface area contributed by atoms with E-state index in [4.69, 9.17) is 5.26 Å². The molecule has 0 radical (unpaired) electrons. The van der Waals surface area contributed by atoms with Gasteiger partial charge in [-0.05, 0) is 0 Å². The second kappa shape index (κ2) is 15.9. The first kappa shape index (κ1) is 15.6. The molecule has 6 heteroatoms. The molecule has 0 aromatic heterocycles. The molecule has 0 bridgehead atoms. The van der Waals surface area contributed by atoms with Crippen LogP contribution in [0.4, 0.5) is 0 Å². The number of hydrogen-bond acceptors (Lipinski definition) is 4. The summed E-state index contributed by atoms with van der Waals surface area (Å²) in [5.41, 5.74) is 3.85. The summed E-state index contributed by atoms with van der Waals surface area (Å²) < 4.78 is 0. The minimum atomic E-state index is 0. The molecule has 0 aliphatic heterocycles. The third-order valence-corrected chi connectivity index (χ3v) is 0.128. The van der Waals surface area contributed by atoms with Crippen LogP contribution in [0, 0.1) is 11.5 Å². The molecule has 7 heavy (non-hydrogen) atoms. The van der Waals surface area contributed by atoms with Crippen LogP contribution >= 0.6 is 0 Å². The van der Waals surface area contributed by atoms with Gasteiger partial charge >= 0.3 is 48.9 Å². The molecule has 0 fully saturated rings. The van der Waals surface area contributed by atoms with Gasteiger partial charge in [0.25, 0.3) is 0 Å². The van der Waals surface area contributed by atoms with Gasteiger partial charge in [0.2, 0.25) is 0 Å². The van der Waals surface area contributed by atoms with Crippen LogP contribution in [-0.2, 0) is 0 Å². The van der Waals surface area contributed by atoms with Crippen LogP contribution in [-0.4, -0.2) is 54.4 Å². The van der Waals surface area contributed by atoms with Crippen molar-refractivity contribution in [2.45, 2.75) is 0 Å². The van der Waals surface area contributed by atoms with Crippen LogP contribution < -0.4 is 16.8 Å². The Bertz CT molecular complexity index is 50.1. The van der Waals surface area contributed by atoms with Crippen LogP contribution in [0.1, 0.15) is 0 Å². The SMILES string of the molecule is N#CNNN.O.[BaH2]. The Kier molecular flexibility index (Phi) is 35.5. The Morgan fingerprint density at radius 3 is 2.00 bits per heavy atom. The number of nitrogens with two attached hydrogens (primary N) is 1. The van der Waals surface area contributed by atoms with E-state index in [1.54, 1.807) is 0 Å². The van der Waals surface area contributed by atoms with Gasteiger partial charge in [0.1, 0.15) is 0 Å². The molecular weight excluding hydrogens is 221 g/mol. The van der Waals surface area contributed by atoms with Gasteiger partial charge < -0.3 is 5.48 Å². The van der Waals surface area contributed by atoms with E-state index in [2.05, 4.69) is 5.84 Å². The number of nitrogens with zero attached hydrogens (tertiary/aromatic N) is 1. The molecule has 0 saturated heterocycles. The number of rotatable bonds is 1. The molecule has 0 amide bonds. The zero-order valence-electron chi connectivity index (χ0n) is 3.02. The molecule has 0 atom stereocenters. The topological polar surface area (TPSA) is 105 Å². The normalized spacial score (nSPS) is 4.00. The van der Waals surface area contributed by atoms with Crippen LogP contribution in [0.15, 0.2) is 0 Å². The van der Waals surface area contributed by atoms with E-state index in [0.717, 1.165) is 0 Å². The maximum atomic E-state index is 7.56. The van der Waals surface area contributed by atoms with Crippen LogP contribution in [0.5, 0.6) is 0 Å². The van der Waals surface area contributed by atoms with E-state index in [0.29, 0.717) is 0 Å². The molecule has 40 valence electrons. The van der Waals surface area contributed by atoms with Gasteiger partial charge in [0, 0.05) is 0 Å². The molecule has 6 N–H and O–H groups in total. The molecule has 0 aliphatic carbocycles. The van der Waals surface area contributed by atoms with Gasteiger partial charge in [0.15, 0.2) is 6.19 Å². The van der Waals surface area contributed by atoms with Crippen LogP contribution in [0.2, 0.25) is 0 Å². The van der Waals surface area contributed by atoms with E-state index in [9.17, 15) is 0 Å². The fourth-order valence-electron chi connectivity index (χ4n) is 0.0323. The van der Waals surface area contributed by atoms with E-state index < -0.39 is 0 Å². The molecule has 0 aliphatic rings. The van der Waals surface area contributed by atoms with Gasteiger partial charge in [-0.15, -0.1) is 0 Å². The fraction of sp³-hybridized carbons (Fsp3) is 0. The fourth-order valence-corrected chi connectivity index (χ4v) is 0.0323. The molecule has 0 spiro atoms. The first-order valence-electron chi connectivity index (χ1n) is 1.01. The monoisotopic (exact) mass is 230 g/mol. The summed E-state index contributed by atoms with van der Waals surface area (Å²) in [5, 5.41) is 7.56. The predicted octanol–water partition coefficient (Wildman–Crippen LogP) is -3.31. The minimum absolute atomic E-state index is 0. The second-order valence-corrected chi connectivity index (χ2v) is 0.381. The van der Waals surface area contributed by atoms with Gasteiger partial charge in [-0.3, -0.25) is 5.84 Å². The van der Waals surface area contributed by atoms with Crippen molar-refractivity contribution >= 4 is 48.9 Å². The Morgan fingerprint density at radius 1 is 1.57 bits per heavy atom. The van der Waals surface area contributed by atoms with Crippen LogP contribution in [0.3, 0.4) is 0 Å². The predicted molar refractivity (Wildman–Crippen MR) is 28.2 cm³/mol. The molecule has 0 heterocycles. The third kappa shape index (κ3) is 20.2. The summed E-state index contributed by atoms with van der Waals surface area (Å²) in [6, 6.07) is 0. The summed E-state index contributed by atoms with van der Waals surface area (Å²) in [6.45, 7) is 0. The number of hydrazine groups is 2. The Hall–Kier alpha value is 0.741. The number of hydrogen-bond donors (Lipinski definition) is 3. The first-order chi connectivity index (χ1) is 2.41. The van der Waals surface area contributed by atoms with E-state index in [1.165, 1.54) is 6.19 Å². The van der Waals surface area contributed by atoms with E-state index in [-0.39, 0.29) is 54.4 Å². The van der Waals surface area contributed by atoms with Gasteiger partial charge in [-0.1, -0.05) is 0 Å². The molecule has 0 aromatic rings. The molecular formula is CH8BaN4O. The van der Waals surface area contributed by atoms with Crippen molar-refractivity contribution in [3.8, 4) is 6.19 Å². The zero-order valence-corrected chi connectivity index (χ0v) is 3.02. The molecule has 0 saturated carbocycles. The van der Waals surface area contributed by atoms with E-state index in [1.807, 2.05) is 11.0 Å². The average molecular weight is 229 g/mol. The second-order valence-electron chi connectivity index (χ2n) is 0.381. The van der Waals surface area contributed by atoms with Crippen molar-refractivity contribution in [3.05, 3.63) is 0 Å². The summed E-state index contributed by atoms with van der Waals surface area (Å²) in [6.07, 6.45) is 1.53. The van der Waals surface area contributed by atoms with Crippen molar-refractivity contribution < 1.29 is 5.48 Å². The Labute approximate surface area is 81.6 Å². The quantitative estimate of drug-likeness (QED) is 0.144. The zero-order chi connectivity index (χ0) is 4.12. The molecule has 0 unspecified atom stereocenters. The van der Waals surface area contributed by atoms with Gasteiger partial charge in [-0.2, -0.15) is 10.8 Å². The summed E-state index contributed by atoms with van der Waals surface area (Å²) in [5.74, 6) is 4.56. The third-order valence-electron chi connectivity index (χ3n) is 0.128. The molecule has 0 rings (SSSR count). The summed E-state index contributed by atoms with van der Waals surface area (Å²) >= 11 is 0. The standard InChI is InChI=1S/CH4N4.Ba.H2O.2H/c2-1-4-5-3;;;;/h4-5H,3H2;;1H2;;. The maximum absolute atomic E-state index is 7.56. The van der Waals surface area contributed by atoms with Crippen molar-refractivity contribution in [2.75, 3.05) is 0 Å². The average Bonchev–Trinajstić information content (AvgIpc) is 1.41. The van der Waals surface area contributed by atoms with Crippen molar-refractivity contribution in [2.24, 2.45) is 5.84 Å². The van der Waals surface area contributed by atoms with Crippen molar-refractivity contribution in [1.82, 2.24) is 11.0 Å². The van der Waals surface area contributed by atoms with Crippen LogP contribution in [0.25, 0.3) is 0 Å². The molecule has 0 aromatic carbocycles. The van der Waals surface area contributed by atoms with Crippen molar-refractivity contribution in [1.29, 1.82) is 5.26 Å². The van der Waals surface area contributed by atoms with Gasteiger partial charge in [-0.25, -0.2) is 5.43 Å². The molecule has 5 nitrogen and oxygen atoms in total. The first-order valence-corrected chi connectivity index (χ1v) is 1.01. The number of nitrogens with one attached hydrogen (secondary N) is 2.